The Morgan fingerprint density at radius 3 is 2.42 bits per heavy atom. The third kappa shape index (κ3) is 4.86. The number of aryl methyl sites for hydroxylation is 3. The average molecular weight is 389 g/mol. The van der Waals surface area contributed by atoms with Crippen LogP contribution in [-0.4, -0.2) is 12.5 Å². The molecule has 0 aliphatic heterocycles. The third-order valence-electron chi connectivity index (χ3n) is 3.51. The molecule has 2 N–H and O–H groups in total. The number of halogens is 1. The second-order valence-electron chi connectivity index (χ2n) is 5.69. The van der Waals surface area contributed by atoms with Gasteiger partial charge in [-0.3, -0.25) is 15.6 Å². The van der Waals surface area contributed by atoms with Crippen LogP contribution in [0.15, 0.2) is 47.4 Å². The minimum Gasteiger partial charge on any atom is -0.483 e. The molecule has 0 unspecified atom stereocenters. The summed E-state index contributed by atoms with van der Waals surface area (Å²) in [5.41, 5.74) is 10.4. The molecule has 0 aliphatic carbocycles. The quantitative estimate of drug-likeness (QED) is 0.733. The maximum atomic E-state index is 11.9. The van der Waals surface area contributed by atoms with Crippen molar-refractivity contribution in [1.82, 2.24) is 10.9 Å². The van der Waals surface area contributed by atoms with Gasteiger partial charge in [-0.1, -0.05) is 36.4 Å². The topological polar surface area (TPSA) is 50.4 Å². The lowest BCUT2D eigenvalue weighted by atomic mass is 10.0. The highest BCUT2D eigenvalue weighted by Gasteiger charge is 2.07. The number of hydrazine groups is 1. The lowest BCUT2D eigenvalue weighted by Gasteiger charge is -2.14. The van der Waals surface area contributed by atoms with Gasteiger partial charge in [-0.15, -0.1) is 0 Å². The number of amides is 1. The molecule has 0 spiro atoms. The van der Waals surface area contributed by atoms with E-state index < -0.39 is 0 Å². The van der Waals surface area contributed by atoms with Gasteiger partial charge in [0, 0.05) is 5.56 Å². The van der Waals surface area contributed by atoms with E-state index >= 15 is 0 Å². The Labute approximate surface area is 151 Å². The van der Waals surface area contributed by atoms with E-state index in [1.165, 1.54) is 5.56 Å². The van der Waals surface area contributed by atoms with Gasteiger partial charge in [0.2, 0.25) is 0 Å². The highest BCUT2D eigenvalue weighted by Crippen LogP contribution is 2.25. The molecule has 0 fully saturated rings. The van der Waals surface area contributed by atoms with Gasteiger partial charge in [0.25, 0.3) is 5.91 Å². The number of ether oxygens (including phenoxy) is 1. The Kier molecular flexibility index (Phi) is 6.04. The smallest absolute Gasteiger partial charge is 0.276 e. The van der Waals surface area contributed by atoms with Crippen LogP contribution in [0.25, 0.3) is 5.70 Å². The molecule has 2 aromatic rings. The van der Waals surface area contributed by atoms with Gasteiger partial charge in [0.05, 0.1) is 10.2 Å². The molecule has 0 bridgehead atoms. The van der Waals surface area contributed by atoms with Gasteiger partial charge in [-0.25, -0.2) is 0 Å². The standard InChI is InChI=1S/C19H21BrN2O2/c1-12-5-7-16(14(3)9-12)15(4)21-22-19(23)11-24-18-8-6-13(2)10-17(18)20/h5-10,21H,4,11H2,1-3H3,(H,22,23). The Morgan fingerprint density at radius 2 is 1.75 bits per heavy atom. The first kappa shape index (κ1) is 18.1. The van der Waals surface area contributed by atoms with E-state index in [0.717, 1.165) is 21.2 Å². The van der Waals surface area contributed by atoms with Crippen molar-refractivity contribution in [3.63, 3.8) is 0 Å². The molecule has 2 rings (SSSR count). The molecule has 24 heavy (non-hydrogen) atoms. The van der Waals surface area contributed by atoms with Crippen LogP contribution in [0.5, 0.6) is 5.75 Å². The van der Waals surface area contributed by atoms with Gasteiger partial charge < -0.3 is 4.74 Å². The molecule has 0 atom stereocenters. The van der Waals surface area contributed by atoms with E-state index in [9.17, 15) is 4.79 Å². The predicted molar refractivity (Wildman–Crippen MR) is 101 cm³/mol. The zero-order valence-corrected chi connectivity index (χ0v) is 15.7. The van der Waals surface area contributed by atoms with E-state index in [0.29, 0.717) is 11.4 Å². The highest BCUT2D eigenvalue weighted by atomic mass is 79.9. The normalized spacial score (nSPS) is 10.2. The minimum absolute atomic E-state index is 0.0885. The first-order chi connectivity index (χ1) is 11.4. The summed E-state index contributed by atoms with van der Waals surface area (Å²) in [6.45, 7) is 9.90. The highest BCUT2D eigenvalue weighted by molar-refractivity contribution is 9.10. The Hall–Kier alpha value is -2.27. The number of nitrogens with one attached hydrogen (secondary N) is 2. The molecule has 126 valence electrons. The molecule has 0 saturated carbocycles. The van der Waals surface area contributed by atoms with Crippen molar-refractivity contribution in [2.24, 2.45) is 0 Å². The SMILES string of the molecule is C=C(NNC(=O)COc1ccc(C)cc1Br)c1ccc(C)cc1C. The molecule has 0 aromatic heterocycles. The molecular weight excluding hydrogens is 368 g/mol. The van der Waals surface area contributed by atoms with Crippen LogP contribution < -0.4 is 15.6 Å². The molecule has 5 heteroatoms. The zero-order valence-electron chi connectivity index (χ0n) is 14.1. The van der Waals surface area contributed by atoms with Crippen molar-refractivity contribution in [1.29, 1.82) is 0 Å². The first-order valence-electron chi connectivity index (χ1n) is 7.57. The summed E-state index contributed by atoms with van der Waals surface area (Å²) in [6, 6.07) is 11.8. The molecule has 0 aliphatic rings. The van der Waals surface area contributed by atoms with Crippen molar-refractivity contribution >= 4 is 27.5 Å². The molecular formula is C19H21BrN2O2. The predicted octanol–water partition coefficient (Wildman–Crippen LogP) is 4.04. The van der Waals surface area contributed by atoms with Crippen molar-refractivity contribution in [3.8, 4) is 5.75 Å². The summed E-state index contributed by atoms with van der Waals surface area (Å²) >= 11 is 3.42. The molecule has 0 saturated heterocycles. The van der Waals surface area contributed by atoms with Crippen molar-refractivity contribution < 1.29 is 9.53 Å². The van der Waals surface area contributed by atoms with E-state index in [2.05, 4.69) is 39.4 Å². The van der Waals surface area contributed by atoms with Crippen LogP contribution >= 0.6 is 15.9 Å². The van der Waals surface area contributed by atoms with Crippen molar-refractivity contribution in [2.45, 2.75) is 20.8 Å². The lowest BCUT2D eigenvalue weighted by Crippen LogP contribution is -2.39. The molecule has 0 heterocycles. The molecule has 1 amide bonds. The fourth-order valence-electron chi connectivity index (χ4n) is 2.27. The fourth-order valence-corrected chi connectivity index (χ4v) is 2.87. The number of carbonyl (C=O) groups excluding carboxylic acids is 1. The molecule has 0 radical (unpaired) electrons. The Bertz CT molecular complexity index is 772. The lowest BCUT2D eigenvalue weighted by molar-refractivity contribution is -0.123. The zero-order chi connectivity index (χ0) is 17.7. The monoisotopic (exact) mass is 388 g/mol. The summed E-state index contributed by atoms with van der Waals surface area (Å²) in [6.07, 6.45) is 0. The molecule has 4 nitrogen and oxygen atoms in total. The fraction of sp³-hybridized carbons (Fsp3) is 0.211. The Morgan fingerprint density at radius 1 is 1.08 bits per heavy atom. The number of hydrogen-bond donors (Lipinski definition) is 2. The van der Waals surface area contributed by atoms with Crippen molar-refractivity contribution in [3.05, 3.63) is 69.7 Å². The van der Waals surface area contributed by atoms with Crippen molar-refractivity contribution in [2.75, 3.05) is 6.61 Å². The number of carbonyl (C=O) groups is 1. The summed E-state index contributed by atoms with van der Waals surface area (Å²) < 4.78 is 6.32. The van der Waals surface area contributed by atoms with Crippen LogP contribution in [0.3, 0.4) is 0 Å². The number of benzene rings is 2. The number of rotatable bonds is 6. The van der Waals surface area contributed by atoms with Crippen LogP contribution in [0.4, 0.5) is 0 Å². The second kappa shape index (κ2) is 8.02. The van der Waals surface area contributed by atoms with E-state index in [1.54, 1.807) is 0 Å². The largest absolute Gasteiger partial charge is 0.483 e. The maximum Gasteiger partial charge on any atom is 0.276 e. The van der Waals surface area contributed by atoms with E-state index in [-0.39, 0.29) is 12.5 Å². The van der Waals surface area contributed by atoms with Crippen LogP contribution in [0.1, 0.15) is 22.3 Å². The van der Waals surface area contributed by atoms with Gasteiger partial charge in [-0.05, 0) is 60.0 Å². The van der Waals surface area contributed by atoms with E-state index in [4.69, 9.17) is 4.74 Å². The van der Waals surface area contributed by atoms with Crippen LogP contribution in [0, 0.1) is 20.8 Å². The van der Waals surface area contributed by atoms with Crippen LogP contribution in [0.2, 0.25) is 0 Å². The summed E-state index contributed by atoms with van der Waals surface area (Å²) in [5, 5.41) is 0. The third-order valence-corrected chi connectivity index (χ3v) is 4.13. The van der Waals surface area contributed by atoms with Gasteiger partial charge in [0.1, 0.15) is 5.75 Å². The minimum atomic E-state index is -0.284. The summed E-state index contributed by atoms with van der Waals surface area (Å²) in [7, 11) is 0. The average Bonchev–Trinajstić information content (AvgIpc) is 2.51. The molecule has 2 aromatic carbocycles. The summed E-state index contributed by atoms with van der Waals surface area (Å²) in [5.74, 6) is 0.345. The van der Waals surface area contributed by atoms with Gasteiger partial charge in [0.15, 0.2) is 6.61 Å². The Balaban J connectivity index is 1.85. The first-order valence-corrected chi connectivity index (χ1v) is 8.36. The van der Waals surface area contributed by atoms with E-state index in [1.807, 2.05) is 51.1 Å². The second-order valence-corrected chi connectivity index (χ2v) is 6.55. The summed E-state index contributed by atoms with van der Waals surface area (Å²) in [4.78, 5) is 11.9. The van der Waals surface area contributed by atoms with Gasteiger partial charge in [-0.2, -0.15) is 0 Å². The van der Waals surface area contributed by atoms with Gasteiger partial charge >= 0.3 is 0 Å². The maximum absolute atomic E-state index is 11.9. The van der Waals surface area contributed by atoms with Crippen LogP contribution in [-0.2, 0) is 4.79 Å². The number of hydrogen-bond acceptors (Lipinski definition) is 3.